The van der Waals surface area contributed by atoms with Crippen molar-refractivity contribution >= 4 is 21.6 Å². The van der Waals surface area contributed by atoms with Gasteiger partial charge < -0.3 is 9.74 Å². The van der Waals surface area contributed by atoms with Gasteiger partial charge in [-0.05, 0) is 36.4 Å². The van der Waals surface area contributed by atoms with Gasteiger partial charge in [0.05, 0.1) is 10.6 Å². The third-order valence-corrected chi connectivity index (χ3v) is 7.02. The molecule has 0 saturated carbocycles. The first kappa shape index (κ1) is 20.4. The molecule has 2 aromatic carbocycles. The zero-order chi connectivity index (χ0) is 21.3. The highest BCUT2D eigenvalue weighted by Crippen LogP contribution is 2.22. The largest absolute Gasteiger partial charge is 0.382 e. The summed E-state index contributed by atoms with van der Waals surface area (Å²) in [5, 5.41) is 3.91. The highest BCUT2D eigenvalue weighted by Gasteiger charge is 2.36. The van der Waals surface area contributed by atoms with E-state index in [9.17, 15) is 22.0 Å². The van der Waals surface area contributed by atoms with E-state index >= 15 is 0 Å². The van der Waals surface area contributed by atoms with Crippen molar-refractivity contribution in [1.82, 2.24) is 9.21 Å². The fraction of sp³-hybridized carbons (Fsp3) is 0.300. The minimum Gasteiger partial charge on any atom is -0.382 e. The molecule has 2 aromatic rings. The third kappa shape index (κ3) is 4.05. The van der Waals surface area contributed by atoms with Crippen LogP contribution in [0.25, 0.3) is 0 Å². The van der Waals surface area contributed by atoms with Crippen molar-refractivity contribution in [3.05, 3.63) is 65.7 Å². The molecule has 0 radical (unpaired) electrons. The van der Waals surface area contributed by atoms with E-state index in [0.29, 0.717) is 11.3 Å². The van der Waals surface area contributed by atoms with Gasteiger partial charge in [0, 0.05) is 38.2 Å². The van der Waals surface area contributed by atoms with Crippen LogP contribution in [-0.2, 0) is 19.7 Å². The molecule has 0 N–H and O–H groups in total. The molecule has 2 aliphatic rings. The number of sulfonamides is 1. The third-order valence-electron chi connectivity index (χ3n) is 5.10. The lowest BCUT2D eigenvalue weighted by Gasteiger charge is -2.34. The Morgan fingerprint density at radius 2 is 1.70 bits per heavy atom. The van der Waals surface area contributed by atoms with Gasteiger partial charge in [0.15, 0.2) is 0 Å². The average molecular weight is 435 g/mol. The van der Waals surface area contributed by atoms with E-state index in [1.807, 2.05) is 0 Å². The van der Waals surface area contributed by atoms with Crippen LogP contribution in [0.1, 0.15) is 12.0 Å². The monoisotopic (exact) mass is 435 g/mol. The number of nitrogens with zero attached hydrogens (tertiary/aromatic N) is 3. The number of hydrogen-bond donors (Lipinski definition) is 0. The first-order valence-corrected chi connectivity index (χ1v) is 10.8. The van der Waals surface area contributed by atoms with Gasteiger partial charge in [-0.3, -0.25) is 4.79 Å². The SMILES string of the molecule is O=C([C@H]1CC(c2cccc(F)c2)=NO1)N1CCN(S(=O)(=O)c2ccc(F)cc2)CC1. The summed E-state index contributed by atoms with van der Waals surface area (Å²) < 4.78 is 53.1. The molecule has 2 heterocycles. The Kier molecular flexibility index (Phi) is 5.52. The lowest BCUT2D eigenvalue weighted by molar-refractivity contribution is -0.143. The number of benzene rings is 2. The molecule has 1 amide bonds. The summed E-state index contributed by atoms with van der Waals surface area (Å²) >= 11 is 0. The maximum absolute atomic E-state index is 13.4. The quantitative estimate of drug-likeness (QED) is 0.736. The first-order valence-electron chi connectivity index (χ1n) is 9.38. The Balaban J connectivity index is 1.35. The molecule has 10 heteroatoms. The molecule has 0 bridgehead atoms. The van der Waals surface area contributed by atoms with Crippen LogP contribution >= 0.6 is 0 Å². The minimum atomic E-state index is -3.76. The van der Waals surface area contributed by atoms with E-state index in [0.717, 1.165) is 12.1 Å². The predicted octanol–water partition coefficient (Wildman–Crippen LogP) is 1.99. The summed E-state index contributed by atoms with van der Waals surface area (Å²) in [6, 6.07) is 10.5. The van der Waals surface area contributed by atoms with E-state index in [1.54, 1.807) is 12.1 Å². The van der Waals surface area contributed by atoms with Crippen molar-refractivity contribution in [2.45, 2.75) is 17.4 Å². The lowest BCUT2D eigenvalue weighted by Crippen LogP contribution is -2.52. The summed E-state index contributed by atoms with van der Waals surface area (Å²) in [5.74, 6) is -1.20. The molecular weight excluding hydrogens is 416 g/mol. The topological polar surface area (TPSA) is 79.3 Å². The van der Waals surface area contributed by atoms with E-state index in [2.05, 4.69) is 5.16 Å². The molecule has 1 fully saturated rings. The van der Waals surface area contributed by atoms with Gasteiger partial charge in [0.2, 0.25) is 16.1 Å². The number of halogens is 2. The van der Waals surface area contributed by atoms with Crippen LogP contribution in [-0.4, -0.2) is 61.5 Å². The fourth-order valence-electron chi connectivity index (χ4n) is 3.46. The normalized spacial score (nSPS) is 20.0. The molecule has 158 valence electrons. The Morgan fingerprint density at radius 3 is 2.37 bits per heavy atom. The number of carbonyl (C=O) groups is 1. The molecular formula is C20H19F2N3O4S. The number of carbonyl (C=O) groups excluding carboxylic acids is 1. The van der Waals surface area contributed by atoms with Gasteiger partial charge >= 0.3 is 0 Å². The number of piperazine rings is 1. The summed E-state index contributed by atoms with van der Waals surface area (Å²) in [6.45, 7) is 0.647. The van der Waals surface area contributed by atoms with Crippen molar-refractivity contribution < 1.29 is 26.8 Å². The first-order chi connectivity index (χ1) is 14.3. The average Bonchev–Trinajstić information content (AvgIpc) is 3.24. The van der Waals surface area contributed by atoms with Crippen molar-refractivity contribution in [2.75, 3.05) is 26.2 Å². The molecule has 7 nitrogen and oxygen atoms in total. The smallest absolute Gasteiger partial charge is 0.266 e. The van der Waals surface area contributed by atoms with Crippen molar-refractivity contribution in [3.63, 3.8) is 0 Å². The molecule has 2 aliphatic heterocycles. The Morgan fingerprint density at radius 1 is 1.00 bits per heavy atom. The molecule has 0 aromatic heterocycles. The molecule has 4 rings (SSSR count). The van der Waals surface area contributed by atoms with E-state index in [1.165, 1.54) is 33.5 Å². The van der Waals surface area contributed by atoms with Crippen LogP contribution < -0.4 is 0 Å². The van der Waals surface area contributed by atoms with Crippen LogP contribution in [0.4, 0.5) is 8.78 Å². The van der Waals surface area contributed by atoms with E-state index in [4.69, 9.17) is 4.84 Å². The molecule has 0 spiro atoms. The van der Waals surface area contributed by atoms with Crippen molar-refractivity contribution in [1.29, 1.82) is 0 Å². The van der Waals surface area contributed by atoms with Gasteiger partial charge in [-0.1, -0.05) is 17.3 Å². The molecule has 1 atom stereocenters. The Bertz CT molecular complexity index is 1080. The number of rotatable bonds is 4. The minimum absolute atomic E-state index is 0.0101. The van der Waals surface area contributed by atoms with Crippen LogP contribution in [0.15, 0.2) is 58.6 Å². The molecule has 0 unspecified atom stereocenters. The van der Waals surface area contributed by atoms with Crippen LogP contribution in [0.5, 0.6) is 0 Å². The zero-order valence-electron chi connectivity index (χ0n) is 15.9. The maximum atomic E-state index is 13.4. The second kappa shape index (κ2) is 8.11. The second-order valence-corrected chi connectivity index (χ2v) is 8.97. The summed E-state index contributed by atoms with van der Waals surface area (Å²) in [4.78, 5) is 19.6. The van der Waals surface area contributed by atoms with E-state index < -0.39 is 27.8 Å². The Labute approximate surface area is 172 Å². The van der Waals surface area contributed by atoms with Crippen LogP contribution in [0.2, 0.25) is 0 Å². The Hall–Kier alpha value is -2.85. The second-order valence-electron chi connectivity index (χ2n) is 7.03. The van der Waals surface area contributed by atoms with Crippen molar-refractivity contribution in [2.24, 2.45) is 5.16 Å². The van der Waals surface area contributed by atoms with Crippen LogP contribution in [0, 0.1) is 11.6 Å². The predicted molar refractivity (Wildman–Crippen MR) is 104 cm³/mol. The number of oxime groups is 1. The highest BCUT2D eigenvalue weighted by molar-refractivity contribution is 7.89. The molecule has 0 aliphatic carbocycles. The van der Waals surface area contributed by atoms with Crippen molar-refractivity contribution in [3.8, 4) is 0 Å². The van der Waals surface area contributed by atoms with Gasteiger partial charge in [0.25, 0.3) is 5.91 Å². The summed E-state index contributed by atoms with van der Waals surface area (Å²) in [7, 11) is -3.76. The number of amides is 1. The van der Waals surface area contributed by atoms with Gasteiger partial charge in [0.1, 0.15) is 11.6 Å². The lowest BCUT2D eigenvalue weighted by atomic mass is 10.0. The molecule has 30 heavy (non-hydrogen) atoms. The van der Waals surface area contributed by atoms with E-state index in [-0.39, 0.29) is 43.4 Å². The molecule has 1 saturated heterocycles. The van der Waals surface area contributed by atoms with Gasteiger partial charge in [-0.2, -0.15) is 4.31 Å². The number of hydrogen-bond acceptors (Lipinski definition) is 5. The fourth-order valence-corrected chi connectivity index (χ4v) is 4.88. The van der Waals surface area contributed by atoms with Crippen LogP contribution in [0.3, 0.4) is 0 Å². The summed E-state index contributed by atoms with van der Waals surface area (Å²) in [5.41, 5.74) is 1.05. The highest BCUT2D eigenvalue weighted by atomic mass is 32.2. The summed E-state index contributed by atoms with van der Waals surface area (Å²) in [6.07, 6.45) is -0.598. The zero-order valence-corrected chi connectivity index (χ0v) is 16.7. The van der Waals surface area contributed by atoms with Gasteiger partial charge in [-0.25, -0.2) is 17.2 Å². The maximum Gasteiger partial charge on any atom is 0.266 e. The van der Waals surface area contributed by atoms with Gasteiger partial charge in [-0.15, -0.1) is 0 Å². The standard InChI is InChI=1S/C20H19F2N3O4S/c21-15-4-6-17(7-5-15)30(27,28)25-10-8-24(9-11-25)20(26)19-13-18(23-29-19)14-2-1-3-16(22)12-14/h1-7,12,19H,8-11,13H2/t19-/m1/s1.